The fourth-order valence-corrected chi connectivity index (χ4v) is 2.50. The van der Waals surface area contributed by atoms with E-state index in [-0.39, 0.29) is 8.80 Å². The summed E-state index contributed by atoms with van der Waals surface area (Å²) >= 11 is 0. The van der Waals surface area contributed by atoms with Crippen molar-refractivity contribution in [2.45, 2.75) is 32.7 Å². The van der Waals surface area contributed by atoms with Crippen LogP contribution < -0.4 is 5.19 Å². The summed E-state index contributed by atoms with van der Waals surface area (Å²) in [5.74, 6) is 3.27. The van der Waals surface area contributed by atoms with Crippen LogP contribution in [0.4, 0.5) is 0 Å². The Kier molecular flexibility index (Phi) is 3.95. The summed E-state index contributed by atoms with van der Waals surface area (Å²) < 4.78 is 0. The standard InChI is InChI=1S/C13H19Si2/c1-14(2)13-8-6-12(7-9-13)10-11-15(3,4)5/h6-9H,1-5H3. The lowest BCUT2D eigenvalue weighted by Crippen LogP contribution is -2.21. The minimum atomic E-state index is -1.23. The number of benzene rings is 1. The van der Waals surface area contributed by atoms with E-state index >= 15 is 0 Å². The van der Waals surface area contributed by atoms with Crippen molar-refractivity contribution in [3.05, 3.63) is 29.8 Å². The van der Waals surface area contributed by atoms with Crippen molar-refractivity contribution in [1.82, 2.24) is 0 Å². The van der Waals surface area contributed by atoms with Gasteiger partial charge in [0.1, 0.15) is 8.07 Å². The first-order valence-corrected chi connectivity index (χ1v) is 11.3. The zero-order chi connectivity index (χ0) is 11.5. The van der Waals surface area contributed by atoms with Gasteiger partial charge in [-0.3, -0.25) is 0 Å². The Balaban J connectivity index is 2.85. The van der Waals surface area contributed by atoms with Crippen LogP contribution in [-0.4, -0.2) is 16.9 Å². The summed E-state index contributed by atoms with van der Waals surface area (Å²) in [6.07, 6.45) is 0. The first-order chi connectivity index (χ1) is 6.88. The molecule has 1 radical (unpaired) electrons. The first-order valence-electron chi connectivity index (χ1n) is 5.32. The topological polar surface area (TPSA) is 0 Å². The average Bonchev–Trinajstić information content (AvgIpc) is 2.14. The van der Waals surface area contributed by atoms with Gasteiger partial charge < -0.3 is 0 Å². The molecule has 0 aliphatic rings. The normalized spacial score (nSPS) is 11.1. The number of rotatable bonds is 1. The van der Waals surface area contributed by atoms with Crippen LogP contribution in [0.1, 0.15) is 5.56 Å². The second-order valence-electron chi connectivity index (χ2n) is 5.08. The van der Waals surface area contributed by atoms with E-state index in [0.717, 1.165) is 5.56 Å². The Hall–Kier alpha value is -0.786. The van der Waals surface area contributed by atoms with Gasteiger partial charge in [-0.25, -0.2) is 0 Å². The van der Waals surface area contributed by atoms with Gasteiger partial charge in [0.15, 0.2) is 0 Å². The molecule has 0 unspecified atom stereocenters. The molecule has 0 aromatic heterocycles. The van der Waals surface area contributed by atoms with E-state index in [0.29, 0.717) is 0 Å². The second-order valence-corrected chi connectivity index (χ2v) is 12.4. The highest BCUT2D eigenvalue weighted by molar-refractivity contribution is 6.83. The van der Waals surface area contributed by atoms with E-state index in [2.05, 4.69) is 68.5 Å². The fraction of sp³-hybridized carbons (Fsp3) is 0.385. The molecule has 0 bridgehead atoms. The van der Waals surface area contributed by atoms with Gasteiger partial charge >= 0.3 is 0 Å². The molecular weight excluding hydrogens is 212 g/mol. The van der Waals surface area contributed by atoms with Gasteiger partial charge in [0.25, 0.3) is 0 Å². The highest BCUT2D eigenvalue weighted by Gasteiger charge is 2.07. The Morgan fingerprint density at radius 2 is 1.53 bits per heavy atom. The van der Waals surface area contributed by atoms with Gasteiger partial charge in [-0.05, 0) is 12.1 Å². The van der Waals surface area contributed by atoms with Gasteiger partial charge in [-0.15, -0.1) is 5.54 Å². The Morgan fingerprint density at radius 1 is 1.00 bits per heavy atom. The van der Waals surface area contributed by atoms with Gasteiger partial charge in [-0.1, -0.05) is 56.0 Å². The van der Waals surface area contributed by atoms with Crippen molar-refractivity contribution in [3.63, 3.8) is 0 Å². The molecule has 0 N–H and O–H groups in total. The molecule has 0 aliphatic heterocycles. The van der Waals surface area contributed by atoms with Crippen molar-refractivity contribution in [2.75, 3.05) is 0 Å². The van der Waals surface area contributed by atoms with E-state index < -0.39 is 8.07 Å². The molecule has 0 saturated carbocycles. The van der Waals surface area contributed by atoms with Crippen molar-refractivity contribution < 1.29 is 0 Å². The van der Waals surface area contributed by atoms with Gasteiger partial charge in [0.05, 0.1) is 8.80 Å². The van der Waals surface area contributed by atoms with Gasteiger partial charge in [-0.2, -0.15) is 0 Å². The van der Waals surface area contributed by atoms with E-state index in [9.17, 15) is 0 Å². The van der Waals surface area contributed by atoms with E-state index in [4.69, 9.17) is 0 Å². The monoisotopic (exact) mass is 231 g/mol. The smallest absolute Gasteiger partial charge is 0.127 e. The van der Waals surface area contributed by atoms with Crippen LogP contribution >= 0.6 is 0 Å². The molecule has 0 spiro atoms. The zero-order valence-corrected chi connectivity index (χ0v) is 12.3. The minimum Gasteiger partial charge on any atom is -0.127 e. The highest BCUT2D eigenvalue weighted by atomic mass is 28.3. The molecule has 15 heavy (non-hydrogen) atoms. The number of hydrogen-bond donors (Lipinski definition) is 0. The summed E-state index contributed by atoms with van der Waals surface area (Å²) in [5.41, 5.74) is 4.54. The van der Waals surface area contributed by atoms with E-state index in [1.165, 1.54) is 5.19 Å². The van der Waals surface area contributed by atoms with Crippen molar-refractivity contribution in [3.8, 4) is 11.5 Å². The SMILES string of the molecule is C[Si](C)c1ccc(C#C[Si](C)(C)C)cc1. The minimum absolute atomic E-state index is 0.311. The first kappa shape index (κ1) is 12.3. The molecule has 79 valence electrons. The molecule has 0 fully saturated rings. The molecular formula is C13H19Si2. The molecule has 0 nitrogen and oxygen atoms in total. The molecule has 0 heterocycles. The second kappa shape index (κ2) is 4.82. The predicted molar refractivity (Wildman–Crippen MR) is 73.8 cm³/mol. The largest absolute Gasteiger partial charge is 0.129 e. The summed E-state index contributed by atoms with van der Waals surface area (Å²) in [5, 5.41) is 1.48. The van der Waals surface area contributed by atoms with Crippen molar-refractivity contribution >= 4 is 22.1 Å². The quantitative estimate of drug-likeness (QED) is 0.515. The van der Waals surface area contributed by atoms with Crippen LogP contribution in [0.2, 0.25) is 32.7 Å². The van der Waals surface area contributed by atoms with E-state index in [1.54, 1.807) is 0 Å². The third kappa shape index (κ3) is 4.50. The Morgan fingerprint density at radius 3 is 1.93 bits per heavy atom. The van der Waals surface area contributed by atoms with Crippen LogP contribution in [0.25, 0.3) is 0 Å². The summed E-state index contributed by atoms with van der Waals surface area (Å²) in [4.78, 5) is 0. The Bertz CT molecular complexity index is 372. The van der Waals surface area contributed by atoms with Crippen LogP contribution in [-0.2, 0) is 0 Å². The summed E-state index contributed by atoms with van der Waals surface area (Å²) in [6.45, 7) is 11.4. The lowest BCUT2D eigenvalue weighted by Gasteiger charge is -2.04. The lowest BCUT2D eigenvalue weighted by molar-refractivity contribution is 1.67. The van der Waals surface area contributed by atoms with Gasteiger partial charge in [0, 0.05) is 5.56 Å². The van der Waals surface area contributed by atoms with Crippen LogP contribution in [0.15, 0.2) is 24.3 Å². The molecule has 0 atom stereocenters. The molecule has 1 rings (SSSR count). The molecule has 0 saturated heterocycles. The zero-order valence-electron chi connectivity index (χ0n) is 10.3. The van der Waals surface area contributed by atoms with Crippen molar-refractivity contribution in [2.24, 2.45) is 0 Å². The maximum atomic E-state index is 3.38. The third-order valence-corrected chi connectivity index (χ3v) is 4.41. The summed E-state index contributed by atoms with van der Waals surface area (Å²) in [7, 11) is -1.54. The molecule has 0 aliphatic carbocycles. The molecule has 0 amide bonds. The van der Waals surface area contributed by atoms with Crippen LogP contribution in [0, 0.1) is 11.5 Å². The summed E-state index contributed by atoms with van der Waals surface area (Å²) in [6, 6.07) is 8.76. The number of hydrogen-bond acceptors (Lipinski definition) is 0. The van der Waals surface area contributed by atoms with E-state index in [1.807, 2.05) is 0 Å². The predicted octanol–water partition coefficient (Wildman–Crippen LogP) is 2.88. The molecule has 1 aromatic rings. The lowest BCUT2D eigenvalue weighted by atomic mass is 10.2. The van der Waals surface area contributed by atoms with Crippen LogP contribution in [0.5, 0.6) is 0 Å². The average molecular weight is 231 g/mol. The Labute approximate surface area is 96.3 Å². The molecule has 2 heteroatoms. The van der Waals surface area contributed by atoms with Crippen LogP contribution in [0.3, 0.4) is 0 Å². The molecule has 1 aromatic carbocycles. The third-order valence-electron chi connectivity index (χ3n) is 2.04. The highest BCUT2D eigenvalue weighted by Crippen LogP contribution is 2.00. The fourth-order valence-electron chi connectivity index (χ4n) is 1.15. The maximum absolute atomic E-state index is 3.38. The van der Waals surface area contributed by atoms with Gasteiger partial charge in [0.2, 0.25) is 0 Å². The van der Waals surface area contributed by atoms with Crippen molar-refractivity contribution in [1.29, 1.82) is 0 Å². The maximum Gasteiger partial charge on any atom is 0.129 e.